The minimum Gasteiger partial charge on any atom is -0.496 e. The van der Waals surface area contributed by atoms with Crippen LogP contribution in [0.1, 0.15) is 47.8 Å². The molecule has 0 amide bonds. The summed E-state index contributed by atoms with van der Waals surface area (Å²) in [6, 6.07) is 6.27. The lowest BCUT2D eigenvalue weighted by atomic mass is 9.80. The second-order valence-corrected chi connectivity index (χ2v) is 5.53. The fourth-order valence-corrected chi connectivity index (χ4v) is 3.17. The number of fused-ring (bicyclic) bond motifs is 2. The summed E-state index contributed by atoms with van der Waals surface area (Å²) in [6.45, 7) is 1.60. The van der Waals surface area contributed by atoms with Crippen molar-refractivity contribution in [2.45, 2.75) is 6.92 Å². The maximum Gasteiger partial charge on any atom is 0.341 e. The van der Waals surface area contributed by atoms with Gasteiger partial charge >= 0.3 is 5.97 Å². The molecule has 1 aliphatic rings. The molecular formula is C19H16O6. The average Bonchev–Trinajstić information content (AvgIpc) is 2.63. The fourth-order valence-electron chi connectivity index (χ4n) is 3.17. The standard InChI is InChI=1S/C19H16O6/c1-9-14-11(8-13(24-3)15(9)19(22)25-4)17(20)10-6-5-7-12(23-2)16(10)18(14)21/h5-8H,1-4H3. The summed E-state index contributed by atoms with van der Waals surface area (Å²) in [7, 11) is 4.06. The SMILES string of the molecule is COC(=O)c1c(OC)cc2c(c1C)C(=O)c1c(OC)cccc1C2=O. The van der Waals surface area contributed by atoms with Crippen molar-refractivity contribution in [1.29, 1.82) is 0 Å². The third-order valence-electron chi connectivity index (χ3n) is 4.34. The first-order valence-corrected chi connectivity index (χ1v) is 7.52. The van der Waals surface area contributed by atoms with Crippen LogP contribution in [-0.4, -0.2) is 38.9 Å². The van der Waals surface area contributed by atoms with Crippen LogP contribution in [0.4, 0.5) is 0 Å². The van der Waals surface area contributed by atoms with Crippen LogP contribution in [0.5, 0.6) is 11.5 Å². The van der Waals surface area contributed by atoms with Gasteiger partial charge in [0.25, 0.3) is 0 Å². The first kappa shape index (κ1) is 16.7. The summed E-state index contributed by atoms with van der Waals surface area (Å²) >= 11 is 0. The molecule has 0 radical (unpaired) electrons. The van der Waals surface area contributed by atoms with Crippen LogP contribution in [0.25, 0.3) is 0 Å². The Kier molecular flexibility index (Phi) is 4.04. The van der Waals surface area contributed by atoms with E-state index in [1.54, 1.807) is 25.1 Å². The van der Waals surface area contributed by atoms with Crippen molar-refractivity contribution >= 4 is 17.5 Å². The van der Waals surface area contributed by atoms with Gasteiger partial charge in [0.05, 0.1) is 26.9 Å². The first-order chi connectivity index (χ1) is 12.0. The normalized spacial score (nSPS) is 12.3. The number of carbonyl (C=O) groups is 3. The minimum atomic E-state index is -0.636. The summed E-state index contributed by atoms with van der Waals surface area (Å²) in [5, 5.41) is 0. The molecule has 128 valence electrons. The third kappa shape index (κ3) is 2.29. The lowest BCUT2D eigenvalue weighted by Gasteiger charge is -2.23. The van der Waals surface area contributed by atoms with E-state index in [1.165, 1.54) is 27.4 Å². The number of methoxy groups -OCH3 is 3. The largest absolute Gasteiger partial charge is 0.496 e. The Morgan fingerprint density at radius 1 is 0.880 bits per heavy atom. The van der Waals surface area contributed by atoms with Crippen LogP contribution in [-0.2, 0) is 4.74 Å². The molecule has 1 aliphatic carbocycles. The number of hydrogen-bond donors (Lipinski definition) is 0. The summed E-state index contributed by atoms with van der Waals surface area (Å²) in [5.41, 5.74) is 1.31. The summed E-state index contributed by atoms with van der Waals surface area (Å²) in [6.07, 6.45) is 0. The summed E-state index contributed by atoms with van der Waals surface area (Å²) < 4.78 is 15.3. The van der Waals surface area contributed by atoms with Crippen LogP contribution in [0.2, 0.25) is 0 Å². The van der Waals surface area contributed by atoms with Crippen molar-refractivity contribution in [2.75, 3.05) is 21.3 Å². The highest BCUT2D eigenvalue weighted by Crippen LogP contribution is 2.38. The monoisotopic (exact) mass is 340 g/mol. The van der Waals surface area contributed by atoms with Gasteiger partial charge in [-0.3, -0.25) is 9.59 Å². The maximum atomic E-state index is 13.1. The molecule has 6 nitrogen and oxygen atoms in total. The molecule has 0 saturated carbocycles. The number of rotatable bonds is 3. The van der Waals surface area contributed by atoms with E-state index in [9.17, 15) is 14.4 Å². The quantitative estimate of drug-likeness (QED) is 0.682. The zero-order chi connectivity index (χ0) is 18.3. The molecule has 0 unspecified atom stereocenters. The molecule has 0 heterocycles. The van der Waals surface area contributed by atoms with Crippen molar-refractivity contribution in [1.82, 2.24) is 0 Å². The van der Waals surface area contributed by atoms with E-state index in [0.29, 0.717) is 11.3 Å². The van der Waals surface area contributed by atoms with E-state index in [2.05, 4.69) is 0 Å². The van der Waals surface area contributed by atoms with E-state index in [0.717, 1.165) is 0 Å². The first-order valence-electron chi connectivity index (χ1n) is 7.52. The van der Waals surface area contributed by atoms with E-state index < -0.39 is 5.97 Å². The van der Waals surface area contributed by atoms with Crippen LogP contribution in [0.3, 0.4) is 0 Å². The van der Waals surface area contributed by atoms with Crippen LogP contribution in [0, 0.1) is 6.92 Å². The van der Waals surface area contributed by atoms with Crippen molar-refractivity contribution in [3.63, 3.8) is 0 Å². The Morgan fingerprint density at radius 3 is 2.16 bits per heavy atom. The molecule has 6 heteroatoms. The van der Waals surface area contributed by atoms with Crippen molar-refractivity contribution in [2.24, 2.45) is 0 Å². The zero-order valence-corrected chi connectivity index (χ0v) is 14.3. The zero-order valence-electron chi connectivity index (χ0n) is 14.3. The molecule has 3 rings (SSSR count). The van der Waals surface area contributed by atoms with Gasteiger partial charge in [0.1, 0.15) is 17.1 Å². The number of carbonyl (C=O) groups excluding carboxylic acids is 3. The van der Waals surface area contributed by atoms with E-state index in [-0.39, 0.29) is 45.1 Å². The molecule has 0 saturated heterocycles. The number of benzene rings is 2. The molecule has 0 atom stereocenters. The number of ketones is 2. The Hall–Kier alpha value is -3.15. The lowest BCUT2D eigenvalue weighted by Crippen LogP contribution is -2.24. The highest BCUT2D eigenvalue weighted by Gasteiger charge is 2.36. The predicted molar refractivity (Wildman–Crippen MR) is 88.9 cm³/mol. The van der Waals surface area contributed by atoms with Gasteiger partial charge in [0.15, 0.2) is 11.6 Å². The smallest absolute Gasteiger partial charge is 0.341 e. The molecule has 0 aromatic heterocycles. The Bertz CT molecular complexity index is 926. The van der Waals surface area contributed by atoms with Crippen LogP contribution >= 0.6 is 0 Å². The van der Waals surface area contributed by atoms with E-state index in [1.807, 2.05) is 0 Å². The Balaban J connectivity index is 2.37. The fraction of sp³-hybridized carbons (Fsp3) is 0.211. The molecule has 25 heavy (non-hydrogen) atoms. The molecular weight excluding hydrogens is 324 g/mol. The molecule has 0 spiro atoms. The van der Waals surface area contributed by atoms with Gasteiger partial charge in [0.2, 0.25) is 0 Å². The predicted octanol–water partition coefficient (Wildman–Crippen LogP) is 2.57. The number of esters is 1. The average molecular weight is 340 g/mol. The molecule has 2 aromatic rings. The maximum absolute atomic E-state index is 13.1. The van der Waals surface area contributed by atoms with Gasteiger partial charge in [-0.1, -0.05) is 12.1 Å². The Morgan fingerprint density at radius 2 is 1.56 bits per heavy atom. The van der Waals surface area contributed by atoms with Gasteiger partial charge in [-0.15, -0.1) is 0 Å². The minimum absolute atomic E-state index is 0.128. The second-order valence-electron chi connectivity index (χ2n) is 5.53. The Labute approximate surface area is 144 Å². The van der Waals surface area contributed by atoms with Crippen molar-refractivity contribution < 1.29 is 28.6 Å². The lowest BCUT2D eigenvalue weighted by molar-refractivity contribution is 0.0595. The van der Waals surface area contributed by atoms with Gasteiger partial charge in [-0.2, -0.15) is 0 Å². The molecule has 0 bridgehead atoms. The number of ether oxygens (including phenoxy) is 3. The van der Waals surface area contributed by atoms with Crippen LogP contribution < -0.4 is 9.47 Å². The van der Waals surface area contributed by atoms with E-state index >= 15 is 0 Å². The molecule has 0 fully saturated rings. The van der Waals surface area contributed by atoms with Crippen LogP contribution in [0.15, 0.2) is 24.3 Å². The summed E-state index contributed by atoms with van der Waals surface area (Å²) in [5.74, 6) is -0.816. The van der Waals surface area contributed by atoms with E-state index in [4.69, 9.17) is 14.2 Å². The van der Waals surface area contributed by atoms with Gasteiger partial charge in [0, 0.05) is 16.7 Å². The third-order valence-corrected chi connectivity index (χ3v) is 4.34. The van der Waals surface area contributed by atoms with Gasteiger partial charge < -0.3 is 14.2 Å². The topological polar surface area (TPSA) is 78.9 Å². The van der Waals surface area contributed by atoms with Crippen molar-refractivity contribution in [3.05, 3.63) is 57.6 Å². The van der Waals surface area contributed by atoms with Crippen molar-refractivity contribution in [3.8, 4) is 11.5 Å². The highest BCUT2D eigenvalue weighted by atomic mass is 16.5. The molecule has 0 aliphatic heterocycles. The number of hydrogen-bond acceptors (Lipinski definition) is 6. The second kappa shape index (κ2) is 6.05. The molecule has 2 aromatic carbocycles. The highest BCUT2D eigenvalue weighted by molar-refractivity contribution is 6.30. The van der Waals surface area contributed by atoms with Gasteiger partial charge in [-0.05, 0) is 24.6 Å². The van der Waals surface area contributed by atoms with Gasteiger partial charge in [-0.25, -0.2) is 4.79 Å². The molecule has 0 N–H and O–H groups in total. The summed E-state index contributed by atoms with van der Waals surface area (Å²) in [4.78, 5) is 38.1.